The summed E-state index contributed by atoms with van der Waals surface area (Å²) in [5.41, 5.74) is 2.36. The van der Waals surface area contributed by atoms with Crippen molar-refractivity contribution >= 4 is 17.6 Å². The van der Waals surface area contributed by atoms with Crippen LogP contribution in [0.2, 0.25) is 5.15 Å². The van der Waals surface area contributed by atoms with Gasteiger partial charge in [-0.25, -0.2) is 4.98 Å². The lowest BCUT2D eigenvalue weighted by Gasteiger charge is -2.14. The molecule has 0 bridgehead atoms. The molecule has 2 aromatic rings. The van der Waals surface area contributed by atoms with Crippen molar-refractivity contribution in [1.82, 2.24) is 9.97 Å². The van der Waals surface area contributed by atoms with E-state index >= 15 is 0 Å². The van der Waals surface area contributed by atoms with Crippen LogP contribution in [0.25, 0.3) is 0 Å². The zero-order chi connectivity index (χ0) is 13.8. The number of aromatic nitrogens is 2. The molecule has 0 spiro atoms. The third-order valence-electron chi connectivity index (χ3n) is 2.95. The fraction of sp³-hybridized carbons (Fsp3) is 0.214. The summed E-state index contributed by atoms with van der Waals surface area (Å²) in [6, 6.07) is 7.46. The summed E-state index contributed by atoms with van der Waals surface area (Å²) in [6.45, 7) is 1.90. The molecule has 0 aliphatic heterocycles. The Balaban J connectivity index is 2.29. The SMILES string of the molecule is Cc1ccccc1C(Cc1cnc(Cl)cn1)C(=O)O. The van der Waals surface area contributed by atoms with Crippen LogP contribution >= 0.6 is 11.6 Å². The van der Waals surface area contributed by atoms with Crippen molar-refractivity contribution < 1.29 is 9.90 Å². The molecule has 0 saturated carbocycles. The molecule has 5 heteroatoms. The highest BCUT2D eigenvalue weighted by Gasteiger charge is 2.22. The summed E-state index contributed by atoms with van der Waals surface area (Å²) in [4.78, 5) is 19.5. The molecule has 1 unspecified atom stereocenters. The van der Waals surface area contributed by atoms with Crippen LogP contribution < -0.4 is 0 Å². The Kier molecular flexibility index (Phi) is 4.12. The van der Waals surface area contributed by atoms with Crippen LogP contribution in [0.3, 0.4) is 0 Å². The fourth-order valence-electron chi connectivity index (χ4n) is 1.96. The van der Waals surface area contributed by atoms with E-state index in [2.05, 4.69) is 9.97 Å². The van der Waals surface area contributed by atoms with E-state index in [0.717, 1.165) is 11.1 Å². The smallest absolute Gasteiger partial charge is 0.311 e. The van der Waals surface area contributed by atoms with Gasteiger partial charge in [0.1, 0.15) is 5.15 Å². The Morgan fingerprint density at radius 2 is 2.05 bits per heavy atom. The van der Waals surface area contributed by atoms with Gasteiger partial charge in [-0.3, -0.25) is 9.78 Å². The predicted molar refractivity (Wildman–Crippen MR) is 72.3 cm³/mol. The van der Waals surface area contributed by atoms with Crippen LogP contribution in [0.1, 0.15) is 22.7 Å². The standard InChI is InChI=1S/C14H13ClN2O2/c1-9-4-2-3-5-11(9)12(14(18)19)6-10-7-17-13(15)8-16-10/h2-5,7-8,12H,6H2,1H3,(H,18,19). The third kappa shape index (κ3) is 3.29. The molecule has 0 radical (unpaired) electrons. The molecule has 0 aliphatic rings. The second-order valence-electron chi connectivity index (χ2n) is 4.28. The lowest BCUT2D eigenvalue weighted by Crippen LogP contribution is -2.16. The van der Waals surface area contributed by atoms with Gasteiger partial charge in [-0.2, -0.15) is 0 Å². The molecule has 1 aromatic heterocycles. The van der Waals surface area contributed by atoms with Crippen molar-refractivity contribution in [3.05, 3.63) is 58.6 Å². The van der Waals surface area contributed by atoms with E-state index in [9.17, 15) is 9.90 Å². The molecule has 0 saturated heterocycles. The minimum absolute atomic E-state index is 0.296. The Morgan fingerprint density at radius 3 is 2.63 bits per heavy atom. The molecule has 2 rings (SSSR count). The lowest BCUT2D eigenvalue weighted by atomic mass is 9.91. The van der Waals surface area contributed by atoms with Gasteiger partial charge in [0, 0.05) is 6.42 Å². The maximum atomic E-state index is 11.4. The number of halogens is 1. The Hall–Kier alpha value is -1.94. The van der Waals surface area contributed by atoms with E-state index in [1.165, 1.54) is 12.4 Å². The van der Waals surface area contributed by atoms with Crippen molar-refractivity contribution in [3.63, 3.8) is 0 Å². The quantitative estimate of drug-likeness (QED) is 0.933. The zero-order valence-corrected chi connectivity index (χ0v) is 11.1. The highest BCUT2D eigenvalue weighted by atomic mass is 35.5. The summed E-state index contributed by atoms with van der Waals surface area (Å²) in [5, 5.41) is 9.69. The van der Waals surface area contributed by atoms with Crippen LogP contribution in [0.15, 0.2) is 36.7 Å². The lowest BCUT2D eigenvalue weighted by molar-refractivity contribution is -0.138. The van der Waals surface area contributed by atoms with Crippen molar-refractivity contribution in [1.29, 1.82) is 0 Å². The van der Waals surface area contributed by atoms with Crippen LogP contribution in [-0.2, 0) is 11.2 Å². The second-order valence-corrected chi connectivity index (χ2v) is 4.67. The number of aryl methyl sites for hydroxylation is 1. The van der Waals surface area contributed by atoms with Gasteiger partial charge in [0.05, 0.1) is 24.0 Å². The number of hydrogen-bond acceptors (Lipinski definition) is 3. The predicted octanol–water partition coefficient (Wildman–Crippen LogP) is 2.85. The van der Waals surface area contributed by atoms with Crippen LogP contribution in [-0.4, -0.2) is 21.0 Å². The number of hydrogen-bond donors (Lipinski definition) is 1. The topological polar surface area (TPSA) is 63.1 Å². The molecule has 1 aromatic carbocycles. The Morgan fingerprint density at radius 1 is 1.32 bits per heavy atom. The minimum atomic E-state index is -0.869. The van der Waals surface area contributed by atoms with Gasteiger partial charge in [0.15, 0.2) is 0 Å². The Bertz CT molecular complexity index is 584. The summed E-state index contributed by atoms with van der Waals surface area (Å²) in [6.07, 6.45) is 3.23. The van der Waals surface area contributed by atoms with E-state index < -0.39 is 11.9 Å². The highest BCUT2D eigenvalue weighted by Crippen LogP contribution is 2.23. The highest BCUT2D eigenvalue weighted by molar-refractivity contribution is 6.29. The summed E-state index contributed by atoms with van der Waals surface area (Å²) >= 11 is 5.66. The van der Waals surface area contributed by atoms with Crippen molar-refractivity contribution in [2.24, 2.45) is 0 Å². The fourth-order valence-corrected chi connectivity index (χ4v) is 2.06. The van der Waals surface area contributed by atoms with E-state index in [4.69, 9.17) is 11.6 Å². The largest absolute Gasteiger partial charge is 0.481 e. The molecule has 19 heavy (non-hydrogen) atoms. The summed E-state index contributed by atoms with van der Waals surface area (Å²) in [5.74, 6) is -1.50. The van der Waals surface area contributed by atoms with E-state index in [-0.39, 0.29) is 0 Å². The van der Waals surface area contributed by atoms with Gasteiger partial charge < -0.3 is 5.11 Å². The first-order chi connectivity index (χ1) is 9.08. The zero-order valence-electron chi connectivity index (χ0n) is 10.4. The molecule has 4 nitrogen and oxygen atoms in total. The van der Waals surface area contributed by atoms with Gasteiger partial charge in [0.2, 0.25) is 0 Å². The number of carboxylic acids is 1. The number of benzene rings is 1. The average molecular weight is 277 g/mol. The first-order valence-corrected chi connectivity index (χ1v) is 6.20. The summed E-state index contributed by atoms with van der Waals surface area (Å²) < 4.78 is 0. The third-order valence-corrected chi connectivity index (χ3v) is 3.14. The first kappa shape index (κ1) is 13.5. The molecular formula is C14H13ClN2O2. The molecule has 1 heterocycles. The van der Waals surface area contributed by atoms with Crippen molar-refractivity contribution in [2.45, 2.75) is 19.3 Å². The van der Waals surface area contributed by atoms with Crippen molar-refractivity contribution in [3.8, 4) is 0 Å². The molecule has 1 N–H and O–H groups in total. The van der Waals surface area contributed by atoms with Crippen molar-refractivity contribution in [2.75, 3.05) is 0 Å². The van der Waals surface area contributed by atoms with Gasteiger partial charge >= 0.3 is 5.97 Å². The number of rotatable bonds is 4. The maximum Gasteiger partial charge on any atom is 0.311 e. The molecule has 0 amide bonds. The molecular weight excluding hydrogens is 264 g/mol. The minimum Gasteiger partial charge on any atom is -0.481 e. The molecule has 0 fully saturated rings. The molecule has 98 valence electrons. The maximum absolute atomic E-state index is 11.4. The van der Waals surface area contributed by atoms with Crippen LogP contribution in [0.4, 0.5) is 0 Å². The van der Waals surface area contributed by atoms with E-state index in [1.54, 1.807) is 0 Å². The van der Waals surface area contributed by atoms with E-state index in [0.29, 0.717) is 17.3 Å². The van der Waals surface area contributed by atoms with E-state index in [1.807, 2.05) is 31.2 Å². The normalized spacial score (nSPS) is 12.1. The average Bonchev–Trinajstić information content (AvgIpc) is 2.39. The second kappa shape index (κ2) is 5.80. The first-order valence-electron chi connectivity index (χ1n) is 5.82. The number of carboxylic acid groups (broad SMARTS) is 1. The summed E-state index contributed by atoms with van der Waals surface area (Å²) in [7, 11) is 0. The van der Waals surface area contributed by atoms with Crippen LogP contribution in [0.5, 0.6) is 0 Å². The number of aliphatic carboxylic acids is 1. The van der Waals surface area contributed by atoms with Gasteiger partial charge in [-0.15, -0.1) is 0 Å². The Labute approximate surface area is 116 Å². The van der Waals surface area contributed by atoms with Crippen LogP contribution in [0, 0.1) is 6.92 Å². The monoisotopic (exact) mass is 276 g/mol. The van der Waals surface area contributed by atoms with Gasteiger partial charge in [-0.05, 0) is 18.1 Å². The van der Waals surface area contributed by atoms with Gasteiger partial charge in [-0.1, -0.05) is 35.9 Å². The van der Waals surface area contributed by atoms with Gasteiger partial charge in [0.25, 0.3) is 0 Å². The number of nitrogens with zero attached hydrogens (tertiary/aromatic N) is 2. The molecule has 0 aliphatic carbocycles. The molecule has 1 atom stereocenters. The number of carbonyl (C=O) groups is 1.